The maximum absolute atomic E-state index is 13.1. The van der Waals surface area contributed by atoms with Crippen molar-refractivity contribution >= 4 is 40.0 Å². The Kier molecular flexibility index (Phi) is 8.71. The van der Waals surface area contributed by atoms with Crippen LogP contribution in [0.2, 0.25) is 0 Å². The van der Waals surface area contributed by atoms with Gasteiger partial charge >= 0.3 is 0 Å². The Labute approximate surface area is 214 Å². The summed E-state index contributed by atoms with van der Waals surface area (Å²) >= 11 is 0. The van der Waals surface area contributed by atoms with Crippen molar-refractivity contribution in [2.45, 2.75) is 72.0 Å². The van der Waals surface area contributed by atoms with Crippen LogP contribution in [0, 0.1) is 5.92 Å². The molecule has 1 aromatic rings. The summed E-state index contributed by atoms with van der Waals surface area (Å²) in [5, 5.41) is 6.38. The molecule has 9 nitrogen and oxygen atoms in total. The van der Waals surface area contributed by atoms with Gasteiger partial charge in [0.15, 0.2) is 0 Å². The van der Waals surface area contributed by atoms with Gasteiger partial charge in [0.25, 0.3) is 5.91 Å². The average molecular weight is 516 g/mol. The Morgan fingerprint density at radius 3 is 2.42 bits per heavy atom. The topological polar surface area (TPSA) is 120 Å². The van der Waals surface area contributed by atoms with Gasteiger partial charge in [0.1, 0.15) is 9.84 Å². The smallest absolute Gasteiger partial charge is 0.251 e. The third-order valence-corrected chi connectivity index (χ3v) is 8.85. The van der Waals surface area contributed by atoms with Crippen molar-refractivity contribution in [1.82, 2.24) is 10.6 Å². The molecule has 3 atom stereocenters. The van der Waals surface area contributed by atoms with Gasteiger partial charge in [0.05, 0.1) is 17.5 Å². The van der Waals surface area contributed by atoms with E-state index in [-0.39, 0.29) is 47.4 Å². The summed E-state index contributed by atoms with van der Waals surface area (Å²) < 4.78 is 23.5. The lowest BCUT2D eigenvalue weighted by Crippen LogP contribution is -2.51. The molecule has 2 amide bonds. The summed E-state index contributed by atoms with van der Waals surface area (Å²) in [6.45, 7) is 13.1. The number of carbonyl (C=O) groups is 2. The molecule has 196 valence electrons. The third kappa shape index (κ3) is 6.03. The number of aliphatic imine (C=N–C) groups is 2. The predicted octanol–water partition coefficient (Wildman–Crippen LogP) is 3.39. The van der Waals surface area contributed by atoms with Crippen molar-refractivity contribution < 1.29 is 18.0 Å². The molecular weight excluding hydrogens is 478 g/mol. The molecule has 1 fully saturated rings. The van der Waals surface area contributed by atoms with Crippen LogP contribution in [0.5, 0.6) is 0 Å². The van der Waals surface area contributed by atoms with Gasteiger partial charge in [-0.05, 0) is 63.6 Å². The minimum Gasteiger partial charge on any atom is -0.349 e. The minimum atomic E-state index is -3.01. The van der Waals surface area contributed by atoms with E-state index in [1.807, 2.05) is 32.1 Å². The number of fused-ring (bicyclic) bond motifs is 1. The highest BCUT2D eigenvalue weighted by Gasteiger charge is 2.40. The van der Waals surface area contributed by atoms with Crippen molar-refractivity contribution in [3.63, 3.8) is 0 Å². The third-order valence-electron chi connectivity index (χ3n) is 7.13. The fraction of sp³-hybridized carbons (Fsp3) is 0.538. The van der Waals surface area contributed by atoms with Crippen molar-refractivity contribution in [2.75, 3.05) is 16.4 Å². The summed E-state index contributed by atoms with van der Waals surface area (Å²) in [6, 6.07) is 4.84. The molecule has 10 heteroatoms. The van der Waals surface area contributed by atoms with E-state index >= 15 is 0 Å². The van der Waals surface area contributed by atoms with Crippen LogP contribution >= 0.6 is 0 Å². The fourth-order valence-electron chi connectivity index (χ4n) is 5.04. The largest absolute Gasteiger partial charge is 0.349 e. The Bertz CT molecular complexity index is 1180. The summed E-state index contributed by atoms with van der Waals surface area (Å²) in [5.41, 5.74) is 2.79. The summed E-state index contributed by atoms with van der Waals surface area (Å²) in [5.74, 6) is 0.208. The van der Waals surface area contributed by atoms with Gasteiger partial charge in [-0.15, -0.1) is 0 Å². The zero-order valence-corrected chi connectivity index (χ0v) is 22.6. The molecule has 0 radical (unpaired) electrons. The number of amides is 2. The number of nitrogens with zero attached hydrogens (tertiary/aromatic N) is 3. The van der Waals surface area contributed by atoms with Crippen LogP contribution in [-0.4, -0.2) is 56.5 Å². The second-order valence-electron chi connectivity index (χ2n) is 9.54. The number of anilines is 1. The quantitative estimate of drug-likeness (QED) is 0.460. The first-order valence-corrected chi connectivity index (χ1v) is 14.2. The number of hydrogen-bond acceptors (Lipinski definition) is 5. The van der Waals surface area contributed by atoms with Crippen LogP contribution in [0.4, 0.5) is 5.69 Å². The highest BCUT2D eigenvalue weighted by atomic mass is 32.2. The van der Waals surface area contributed by atoms with Gasteiger partial charge in [0, 0.05) is 41.9 Å². The maximum Gasteiger partial charge on any atom is 0.251 e. The standard InChI is InChI=1S/C26H37N5O4S/c1-7-16(3)28-26(27-6)30-24-17(4)22(8-2)31(18(5)32)23-10-9-19(15-21(23)24)25(33)29-20-11-13-36(34,35)14-12-20/h7,9-10,15,17,20,22,24H,6,8,11-14H2,1-5H3,(H,28,30)(H,29,33)/b16-7-/t17-,22-,24+/m0/s1. The number of guanidine groups is 1. The zero-order valence-electron chi connectivity index (χ0n) is 21.7. The number of sulfone groups is 1. The molecule has 0 saturated carbocycles. The van der Waals surface area contributed by atoms with Crippen molar-refractivity contribution in [1.29, 1.82) is 0 Å². The number of allylic oxidation sites excluding steroid dienone is 2. The Hall–Kier alpha value is -3.01. The highest BCUT2D eigenvalue weighted by Crippen LogP contribution is 2.42. The number of hydrogen-bond donors (Lipinski definition) is 2. The summed E-state index contributed by atoms with van der Waals surface area (Å²) in [7, 11) is -3.01. The lowest BCUT2D eigenvalue weighted by Gasteiger charge is -2.45. The molecule has 2 N–H and O–H groups in total. The van der Waals surface area contributed by atoms with Crippen LogP contribution in [0.15, 0.2) is 40.0 Å². The molecule has 2 heterocycles. The fourth-order valence-corrected chi connectivity index (χ4v) is 6.53. The number of rotatable bonds is 5. The first kappa shape index (κ1) is 27.6. The van der Waals surface area contributed by atoms with Crippen LogP contribution in [-0.2, 0) is 14.6 Å². The molecule has 36 heavy (non-hydrogen) atoms. The number of benzene rings is 1. The van der Waals surface area contributed by atoms with Crippen molar-refractivity contribution in [3.8, 4) is 0 Å². The molecule has 0 spiro atoms. The Balaban J connectivity index is 1.99. The molecule has 2 aliphatic heterocycles. The number of nitrogens with one attached hydrogen (secondary N) is 2. The zero-order chi connectivity index (χ0) is 26.6. The van der Waals surface area contributed by atoms with E-state index in [4.69, 9.17) is 0 Å². The van der Waals surface area contributed by atoms with E-state index in [2.05, 4.69) is 41.2 Å². The molecule has 1 aromatic carbocycles. The van der Waals surface area contributed by atoms with Crippen molar-refractivity contribution in [2.24, 2.45) is 15.9 Å². The number of carbonyl (C=O) groups excluding carboxylic acids is 2. The first-order chi connectivity index (χ1) is 17.0. The van der Waals surface area contributed by atoms with E-state index in [0.29, 0.717) is 24.4 Å². The predicted molar refractivity (Wildman–Crippen MR) is 144 cm³/mol. The van der Waals surface area contributed by atoms with E-state index in [1.54, 1.807) is 17.9 Å². The van der Waals surface area contributed by atoms with Gasteiger partial charge in [-0.3, -0.25) is 9.59 Å². The Morgan fingerprint density at radius 2 is 1.86 bits per heavy atom. The molecule has 2 aliphatic rings. The maximum atomic E-state index is 13.1. The SMILES string of the molecule is C=N/C(=N\C(C)=C/C)N[C@H]1c2cc(C(=O)NC3CCS(=O)(=O)CC3)ccc2N(C(C)=O)[C@@H](CC)[C@@H]1C. The van der Waals surface area contributed by atoms with Gasteiger partial charge in [-0.1, -0.05) is 19.9 Å². The average Bonchev–Trinajstić information content (AvgIpc) is 2.85. The second kappa shape index (κ2) is 11.4. The van der Waals surface area contributed by atoms with E-state index in [0.717, 1.165) is 23.4 Å². The minimum absolute atomic E-state index is 0.00822. The van der Waals surface area contributed by atoms with E-state index < -0.39 is 9.84 Å². The summed E-state index contributed by atoms with van der Waals surface area (Å²) in [6.07, 6.45) is 3.45. The monoisotopic (exact) mass is 515 g/mol. The molecule has 0 aliphatic carbocycles. The lowest BCUT2D eigenvalue weighted by molar-refractivity contribution is -0.117. The normalized spacial score (nSPS) is 24.6. The Morgan fingerprint density at radius 1 is 1.19 bits per heavy atom. The molecule has 3 rings (SSSR count). The molecular formula is C26H37N5O4S. The molecule has 0 bridgehead atoms. The molecule has 0 unspecified atom stereocenters. The van der Waals surface area contributed by atoms with Crippen LogP contribution in [0.1, 0.15) is 75.8 Å². The van der Waals surface area contributed by atoms with Gasteiger partial charge in [-0.25, -0.2) is 18.4 Å². The second-order valence-corrected chi connectivity index (χ2v) is 11.8. The summed E-state index contributed by atoms with van der Waals surface area (Å²) in [4.78, 5) is 36.2. The lowest BCUT2D eigenvalue weighted by atomic mass is 9.80. The molecule has 0 aromatic heterocycles. The first-order valence-electron chi connectivity index (χ1n) is 12.4. The van der Waals surface area contributed by atoms with E-state index in [9.17, 15) is 18.0 Å². The van der Waals surface area contributed by atoms with Crippen LogP contribution < -0.4 is 15.5 Å². The van der Waals surface area contributed by atoms with E-state index in [1.165, 1.54) is 0 Å². The van der Waals surface area contributed by atoms with Crippen molar-refractivity contribution in [3.05, 3.63) is 41.1 Å². The van der Waals surface area contributed by atoms with Gasteiger partial charge in [-0.2, -0.15) is 0 Å². The molecule has 1 saturated heterocycles. The highest BCUT2D eigenvalue weighted by molar-refractivity contribution is 7.91. The van der Waals surface area contributed by atoms with Crippen LogP contribution in [0.3, 0.4) is 0 Å². The van der Waals surface area contributed by atoms with Gasteiger partial charge in [0.2, 0.25) is 11.9 Å². The van der Waals surface area contributed by atoms with Gasteiger partial charge < -0.3 is 15.5 Å². The van der Waals surface area contributed by atoms with Crippen LogP contribution in [0.25, 0.3) is 0 Å².